The van der Waals surface area contributed by atoms with Gasteiger partial charge in [-0.05, 0) is 42.2 Å². The fourth-order valence-electron chi connectivity index (χ4n) is 2.84. The molecule has 0 fully saturated rings. The van der Waals surface area contributed by atoms with Crippen LogP contribution in [0.2, 0.25) is 5.02 Å². The van der Waals surface area contributed by atoms with Crippen molar-refractivity contribution in [2.45, 2.75) is 18.9 Å². The zero-order chi connectivity index (χ0) is 14.8. The first-order valence-electron chi connectivity index (χ1n) is 7.11. The van der Waals surface area contributed by atoms with Crippen LogP contribution < -0.4 is 4.90 Å². The number of nitrogens with zero attached hydrogens (tertiary/aromatic N) is 1. The zero-order valence-electron chi connectivity index (χ0n) is 11.6. The molecule has 1 unspecified atom stereocenters. The molecule has 0 bridgehead atoms. The molecule has 4 heteroatoms. The van der Waals surface area contributed by atoms with Crippen molar-refractivity contribution >= 4 is 33.2 Å². The third-order valence-corrected chi connectivity index (χ3v) is 4.80. The standard InChI is InChI=1S/C17H17BrClNO/c18-13-5-6-14(15(19)11-13)17(21)8-10-20-9-7-12-3-1-2-4-16(12)20/h1-6,11,17,21H,7-10H2. The minimum absolute atomic E-state index is 0.529. The van der Waals surface area contributed by atoms with E-state index >= 15 is 0 Å². The van der Waals surface area contributed by atoms with E-state index in [-0.39, 0.29) is 0 Å². The second kappa shape index (κ2) is 6.39. The molecule has 0 spiro atoms. The molecular weight excluding hydrogens is 350 g/mol. The normalized spacial score (nSPS) is 15.1. The van der Waals surface area contributed by atoms with Crippen molar-refractivity contribution in [1.29, 1.82) is 0 Å². The summed E-state index contributed by atoms with van der Waals surface area (Å²) in [6.07, 6.45) is 1.24. The predicted octanol–water partition coefficient (Wildman–Crippen LogP) is 4.59. The van der Waals surface area contributed by atoms with E-state index in [2.05, 4.69) is 45.1 Å². The van der Waals surface area contributed by atoms with Crippen molar-refractivity contribution in [3.63, 3.8) is 0 Å². The first-order valence-corrected chi connectivity index (χ1v) is 8.28. The lowest BCUT2D eigenvalue weighted by Gasteiger charge is -2.21. The van der Waals surface area contributed by atoms with E-state index in [4.69, 9.17) is 11.6 Å². The van der Waals surface area contributed by atoms with E-state index < -0.39 is 6.10 Å². The molecule has 1 N–H and O–H groups in total. The molecule has 21 heavy (non-hydrogen) atoms. The number of hydrogen-bond donors (Lipinski definition) is 1. The Balaban J connectivity index is 1.66. The number of fused-ring (bicyclic) bond motifs is 1. The third-order valence-electron chi connectivity index (χ3n) is 3.98. The zero-order valence-corrected chi connectivity index (χ0v) is 13.9. The number of hydrogen-bond acceptors (Lipinski definition) is 2. The maximum absolute atomic E-state index is 10.4. The van der Waals surface area contributed by atoms with E-state index in [0.29, 0.717) is 11.4 Å². The van der Waals surface area contributed by atoms with Gasteiger partial charge in [0, 0.05) is 28.3 Å². The number of aliphatic hydroxyl groups excluding tert-OH is 1. The first kappa shape index (κ1) is 14.9. The Morgan fingerprint density at radius 1 is 1.24 bits per heavy atom. The molecule has 0 radical (unpaired) electrons. The Morgan fingerprint density at radius 3 is 2.86 bits per heavy atom. The van der Waals surface area contributed by atoms with E-state index in [9.17, 15) is 5.11 Å². The van der Waals surface area contributed by atoms with Gasteiger partial charge in [0.1, 0.15) is 0 Å². The Bertz CT molecular complexity index is 646. The summed E-state index contributed by atoms with van der Waals surface area (Å²) in [4.78, 5) is 2.34. The molecule has 1 aliphatic rings. The van der Waals surface area contributed by atoms with Crippen molar-refractivity contribution in [3.8, 4) is 0 Å². The molecule has 0 saturated heterocycles. The highest BCUT2D eigenvalue weighted by Crippen LogP contribution is 2.31. The first-order chi connectivity index (χ1) is 10.1. The van der Waals surface area contributed by atoms with Crippen LogP contribution in [0.4, 0.5) is 5.69 Å². The Kier molecular flexibility index (Phi) is 4.53. The monoisotopic (exact) mass is 365 g/mol. The van der Waals surface area contributed by atoms with Gasteiger partial charge >= 0.3 is 0 Å². The van der Waals surface area contributed by atoms with Gasteiger partial charge in [-0.2, -0.15) is 0 Å². The lowest BCUT2D eigenvalue weighted by molar-refractivity contribution is 0.169. The van der Waals surface area contributed by atoms with Crippen LogP contribution in [0, 0.1) is 0 Å². The number of halogens is 2. The maximum atomic E-state index is 10.4. The van der Waals surface area contributed by atoms with Crippen molar-refractivity contribution < 1.29 is 5.11 Å². The molecule has 1 atom stereocenters. The number of rotatable bonds is 4. The molecule has 0 aliphatic carbocycles. The molecule has 3 rings (SSSR count). The highest BCUT2D eigenvalue weighted by molar-refractivity contribution is 9.10. The summed E-state index contributed by atoms with van der Waals surface area (Å²) in [5.41, 5.74) is 3.49. The molecule has 2 aromatic carbocycles. The van der Waals surface area contributed by atoms with E-state index in [1.807, 2.05) is 18.2 Å². The summed E-state index contributed by atoms with van der Waals surface area (Å²) in [6.45, 7) is 1.87. The van der Waals surface area contributed by atoms with E-state index in [0.717, 1.165) is 29.5 Å². The summed E-state index contributed by atoms with van der Waals surface area (Å²) < 4.78 is 0.928. The molecule has 110 valence electrons. The van der Waals surface area contributed by atoms with Gasteiger partial charge in [0.2, 0.25) is 0 Å². The van der Waals surface area contributed by atoms with Crippen molar-refractivity contribution in [2.75, 3.05) is 18.0 Å². The lowest BCUT2D eigenvalue weighted by atomic mass is 10.1. The predicted molar refractivity (Wildman–Crippen MR) is 91.1 cm³/mol. The third kappa shape index (κ3) is 3.25. The van der Waals surface area contributed by atoms with Crippen LogP contribution in [0.5, 0.6) is 0 Å². The van der Waals surface area contributed by atoms with Gasteiger partial charge in [-0.15, -0.1) is 0 Å². The molecule has 0 amide bonds. The minimum atomic E-state index is -0.529. The SMILES string of the molecule is OC(CCN1CCc2ccccc21)c1ccc(Br)cc1Cl. The van der Waals surface area contributed by atoms with Crippen LogP contribution in [-0.4, -0.2) is 18.2 Å². The summed E-state index contributed by atoms with van der Waals surface area (Å²) in [6, 6.07) is 14.1. The molecule has 0 aromatic heterocycles. The number of anilines is 1. The molecule has 1 aliphatic heterocycles. The number of para-hydroxylation sites is 1. The minimum Gasteiger partial charge on any atom is -0.388 e. The van der Waals surface area contributed by atoms with E-state index in [1.54, 1.807) is 0 Å². The second-order valence-corrected chi connectivity index (χ2v) is 6.66. The fourth-order valence-corrected chi connectivity index (χ4v) is 3.64. The van der Waals surface area contributed by atoms with Crippen molar-refractivity contribution in [1.82, 2.24) is 0 Å². The van der Waals surface area contributed by atoms with Gasteiger partial charge in [0.25, 0.3) is 0 Å². The lowest BCUT2D eigenvalue weighted by Crippen LogP contribution is -2.23. The average molecular weight is 367 g/mol. The van der Waals surface area contributed by atoms with Gasteiger partial charge in [-0.25, -0.2) is 0 Å². The Labute approximate surface area is 138 Å². The molecule has 2 aromatic rings. The van der Waals surface area contributed by atoms with Crippen LogP contribution in [0.1, 0.15) is 23.7 Å². The highest BCUT2D eigenvalue weighted by atomic mass is 79.9. The molecular formula is C17H17BrClNO. The smallest absolute Gasteiger partial charge is 0.0821 e. The van der Waals surface area contributed by atoms with Gasteiger partial charge in [-0.3, -0.25) is 0 Å². The van der Waals surface area contributed by atoms with E-state index in [1.165, 1.54) is 11.3 Å². The van der Waals surface area contributed by atoms with Gasteiger partial charge < -0.3 is 10.0 Å². The summed E-state index contributed by atoms with van der Waals surface area (Å²) >= 11 is 9.58. The van der Waals surface area contributed by atoms with Crippen LogP contribution in [-0.2, 0) is 6.42 Å². The van der Waals surface area contributed by atoms with Gasteiger partial charge in [0.15, 0.2) is 0 Å². The summed E-state index contributed by atoms with van der Waals surface area (Å²) in [5, 5.41) is 11.0. The average Bonchev–Trinajstić information content (AvgIpc) is 2.88. The maximum Gasteiger partial charge on any atom is 0.0821 e. The van der Waals surface area contributed by atoms with Crippen LogP contribution >= 0.6 is 27.5 Å². The number of benzene rings is 2. The Morgan fingerprint density at radius 2 is 2.05 bits per heavy atom. The summed E-state index contributed by atoms with van der Waals surface area (Å²) in [7, 11) is 0. The van der Waals surface area contributed by atoms with Crippen molar-refractivity contribution in [2.24, 2.45) is 0 Å². The van der Waals surface area contributed by atoms with Crippen LogP contribution in [0.15, 0.2) is 46.9 Å². The molecule has 2 nitrogen and oxygen atoms in total. The van der Waals surface area contributed by atoms with Gasteiger partial charge in [0.05, 0.1) is 6.10 Å². The Hall–Kier alpha value is -1.03. The highest BCUT2D eigenvalue weighted by Gasteiger charge is 2.20. The topological polar surface area (TPSA) is 23.5 Å². The summed E-state index contributed by atoms with van der Waals surface area (Å²) in [5.74, 6) is 0. The quantitative estimate of drug-likeness (QED) is 0.855. The molecule has 1 heterocycles. The van der Waals surface area contributed by atoms with Crippen molar-refractivity contribution in [3.05, 3.63) is 63.1 Å². The van der Waals surface area contributed by atoms with Crippen LogP contribution in [0.25, 0.3) is 0 Å². The molecule has 0 saturated carbocycles. The van der Waals surface area contributed by atoms with Crippen LogP contribution in [0.3, 0.4) is 0 Å². The number of aliphatic hydroxyl groups is 1. The largest absolute Gasteiger partial charge is 0.388 e. The second-order valence-electron chi connectivity index (χ2n) is 5.34. The van der Waals surface area contributed by atoms with Gasteiger partial charge in [-0.1, -0.05) is 51.8 Å². The fraction of sp³-hybridized carbons (Fsp3) is 0.294.